The predicted octanol–water partition coefficient (Wildman–Crippen LogP) is 2.27. The highest BCUT2D eigenvalue weighted by atomic mass is 32.1. The molecule has 2 N–H and O–H groups in total. The molecule has 148 valence electrons. The number of amides is 1. The highest BCUT2D eigenvalue weighted by Gasteiger charge is 2.28. The van der Waals surface area contributed by atoms with Crippen molar-refractivity contribution in [3.63, 3.8) is 0 Å². The molecule has 2 aliphatic heterocycles. The number of hydrogen-bond acceptors (Lipinski definition) is 3. The number of aliphatic imine (C=N–C) groups is 1. The van der Waals surface area contributed by atoms with E-state index < -0.39 is 0 Å². The second-order valence-corrected chi connectivity index (χ2v) is 7.06. The van der Waals surface area contributed by atoms with E-state index in [2.05, 4.69) is 4.99 Å². The van der Waals surface area contributed by atoms with Crippen LogP contribution in [-0.4, -0.2) is 66.0 Å². The van der Waals surface area contributed by atoms with Crippen molar-refractivity contribution >= 4 is 29.1 Å². The van der Waals surface area contributed by atoms with E-state index >= 15 is 0 Å². The third-order valence-electron chi connectivity index (χ3n) is 4.93. The maximum Gasteiger partial charge on any atom is 0.225 e. The largest absolute Gasteiger partial charge is 0.383 e. The molecule has 6 nitrogen and oxygen atoms in total. The van der Waals surface area contributed by atoms with Gasteiger partial charge in [0.15, 0.2) is 5.11 Å². The van der Waals surface area contributed by atoms with Crippen molar-refractivity contribution in [1.29, 1.82) is 0 Å². The van der Waals surface area contributed by atoms with Gasteiger partial charge in [0.2, 0.25) is 5.91 Å². The number of hydrogen-bond donors (Lipinski definition) is 1. The molecule has 2 aliphatic rings. The summed E-state index contributed by atoms with van der Waals surface area (Å²) in [6.45, 7) is 4.31. The zero-order valence-electron chi connectivity index (χ0n) is 15.0. The summed E-state index contributed by atoms with van der Waals surface area (Å²) in [5.41, 5.74) is 6.94. The van der Waals surface area contributed by atoms with E-state index in [-0.39, 0.29) is 19.3 Å². The molecule has 0 atom stereocenters. The molecule has 3 rings (SSSR count). The molecular formula is C20H30N4O2S. The molecule has 0 bridgehead atoms. The number of benzene rings is 1. The quantitative estimate of drug-likeness (QED) is 0.477. The first-order valence-electron chi connectivity index (χ1n) is 9.20. The summed E-state index contributed by atoms with van der Waals surface area (Å²) in [4.78, 5) is 21.1. The number of carbonyl (C=O) groups excluding carboxylic acids is 1. The normalized spacial score (nSPS) is 19.2. The van der Waals surface area contributed by atoms with Gasteiger partial charge in [0, 0.05) is 50.9 Å². The zero-order valence-corrected chi connectivity index (χ0v) is 15.8. The summed E-state index contributed by atoms with van der Waals surface area (Å²) in [5, 5.41) is 0.492. The Morgan fingerprint density at radius 2 is 1.70 bits per heavy atom. The van der Waals surface area contributed by atoms with Gasteiger partial charge >= 0.3 is 0 Å². The van der Waals surface area contributed by atoms with Crippen LogP contribution in [0.25, 0.3) is 0 Å². The van der Waals surface area contributed by atoms with Crippen LogP contribution in [0.15, 0.2) is 35.3 Å². The topological polar surface area (TPSA) is 71.2 Å². The fourth-order valence-corrected chi connectivity index (χ4v) is 3.66. The van der Waals surface area contributed by atoms with Gasteiger partial charge in [-0.05, 0) is 31.5 Å². The Morgan fingerprint density at radius 1 is 1.07 bits per heavy atom. The van der Waals surface area contributed by atoms with Crippen LogP contribution >= 0.6 is 12.2 Å². The summed E-state index contributed by atoms with van der Waals surface area (Å²) in [6.07, 6.45) is 2.54. The fourth-order valence-electron chi connectivity index (χ4n) is 3.38. The van der Waals surface area contributed by atoms with Crippen LogP contribution in [0.2, 0.25) is 0 Å². The van der Waals surface area contributed by atoms with E-state index in [9.17, 15) is 4.79 Å². The highest BCUT2D eigenvalue weighted by Crippen LogP contribution is 2.19. The van der Waals surface area contributed by atoms with E-state index in [4.69, 9.17) is 22.7 Å². The number of rotatable bonds is 2. The molecule has 27 heavy (non-hydrogen) atoms. The Labute approximate surface area is 167 Å². The SMILES string of the molecule is C.N/C(=N\C(=S)N1CCCN(C(=O)C2CCOCC2)CC1)c1ccccc1. The number of thiocarbonyl (C=S) groups is 1. The van der Waals surface area contributed by atoms with Gasteiger partial charge in [-0.1, -0.05) is 37.8 Å². The lowest BCUT2D eigenvalue weighted by Gasteiger charge is -2.28. The van der Waals surface area contributed by atoms with Crippen molar-refractivity contribution in [3.8, 4) is 0 Å². The van der Waals surface area contributed by atoms with Gasteiger partial charge in [0.25, 0.3) is 0 Å². The van der Waals surface area contributed by atoms with E-state index in [0.717, 1.165) is 37.9 Å². The van der Waals surface area contributed by atoms with Gasteiger partial charge in [-0.25, -0.2) is 4.99 Å². The molecule has 0 aromatic heterocycles. The molecule has 0 aliphatic carbocycles. The van der Waals surface area contributed by atoms with Crippen molar-refractivity contribution in [3.05, 3.63) is 35.9 Å². The lowest BCUT2D eigenvalue weighted by Crippen LogP contribution is -2.41. The lowest BCUT2D eigenvalue weighted by molar-refractivity contribution is -0.138. The molecule has 2 fully saturated rings. The van der Waals surface area contributed by atoms with Gasteiger partial charge in [-0.2, -0.15) is 0 Å². The van der Waals surface area contributed by atoms with Crippen LogP contribution in [-0.2, 0) is 9.53 Å². The molecule has 2 saturated heterocycles. The summed E-state index contributed by atoms with van der Waals surface area (Å²) in [5.74, 6) is 0.789. The first kappa shape index (κ1) is 21.3. The second-order valence-electron chi connectivity index (χ2n) is 6.70. The van der Waals surface area contributed by atoms with Gasteiger partial charge in [0.1, 0.15) is 5.84 Å². The number of nitrogens with two attached hydrogens (primary N) is 1. The van der Waals surface area contributed by atoms with E-state index in [1.54, 1.807) is 0 Å². The summed E-state index contributed by atoms with van der Waals surface area (Å²) < 4.78 is 5.36. The van der Waals surface area contributed by atoms with Gasteiger partial charge in [0.05, 0.1) is 0 Å². The van der Waals surface area contributed by atoms with Crippen LogP contribution in [0.3, 0.4) is 0 Å². The van der Waals surface area contributed by atoms with Gasteiger partial charge < -0.3 is 20.3 Å². The first-order valence-corrected chi connectivity index (χ1v) is 9.61. The standard InChI is InChI=1S/C19H26N4O2S.CH4/c20-17(15-5-2-1-3-6-15)21-19(26)23-10-4-9-22(11-12-23)18(24)16-7-13-25-14-8-16;/h1-3,5-6,16H,4,7-14H2,(H2,20,21,26);1H4. The minimum absolute atomic E-state index is 0. The molecule has 0 radical (unpaired) electrons. The van der Waals surface area contributed by atoms with Gasteiger partial charge in [-0.3, -0.25) is 4.79 Å². The Bertz CT molecular complexity index is 659. The smallest absolute Gasteiger partial charge is 0.225 e. The van der Waals surface area contributed by atoms with Crippen LogP contribution in [0.1, 0.15) is 32.3 Å². The minimum Gasteiger partial charge on any atom is -0.383 e. The Kier molecular flexibility index (Phi) is 8.19. The molecule has 0 saturated carbocycles. The first-order chi connectivity index (χ1) is 12.6. The lowest BCUT2D eigenvalue weighted by atomic mass is 9.98. The summed E-state index contributed by atoms with van der Waals surface area (Å²) >= 11 is 5.48. The molecule has 1 aromatic carbocycles. The fraction of sp³-hybridized carbons (Fsp3) is 0.550. The Hall–Kier alpha value is -1.99. The van der Waals surface area contributed by atoms with Gasteiger partial charge in [-0.15, -0.1) is 0 Å². The molecule has 0 unspecified atom stereocenters. The van der Waals surface area contributed by atoms with Crippen molar-refractivity contribution in [2.75, 3.05) is 39.4 Å². The Morgan fingerprint density at radius 3 is 2.41 bits per heavy atom. The highest BCUT2D eigenvalue weighted by molar-refractivity contribution is 7.80. The van der Waals surface area contributed by atoms with E-state index in [1.807, 2.05) is 40.1 Å². The minimum atomic E-state index is 0. The van der Waals surface area contributed by atoms with Crippen molar-refractivity contribution < 1.29 is 9.53 Å². The predicted molar refractivity (Wildman–Crippen MR) is 113 cm³/mol. The third kappa shape index (κ3) is 5.74. The molecule has 1 amide bonds. The van der Waals surface area contributed by atoms with Crippen LogP contribution < -0.4 is 5.73 Å². The maximum absolute atomic E-state index is 12.7. The number of amidine groups is 1. The monoisotopic (exact) mass is 390 g/mol. The van der Waals surface area contributed by atoms with E-state index in [1.165, 1.54) is 0 Å². The number of carbonyl (C=O) groups is 1. The van der Waals surface area contributed by atoms with Crippen LogP contribution in [0.4, 0.5) is 0 Å². The van der Waals surface area contributed by atoms with Crippen molar-refractivity contribution in [2.24, 2.45) is 16.6 Å². The maximum atomic E-state index is 12.7. The number of nitrogens with zero attached hydrogens (tertiary/aromatic N) is 3. The molecular weight excluding hydrogens is 360 g/mol. The van der Waals surface area contributed by atoms with E-state index in [0.29, 0.717) is 37.3 Å². The molecule has 1 aromatic rings. The zero-order chi connectivity index (χ0) is 18.4. The number of ether oxygens (including phenoxy) is 1. The van der Waals surface area contributed by atoms with Crippen molar-refractivity contribution in [1.82, 2.24) is 9.80 Å². The second kappa shape index (κ2) is 10.4. The van der Waals surface area contributed by atoms with Crippen LogP contribution in [0, 0.1) is 5.92 Å². The molecule has 7 heteroatoms. The average molecular weight is 391 g/mol. The molecule has 2 heterocycles. The third-order valence-corrected chi connectivity index (χ3v) is 5.28. The van der Waals surface area contributed by atoms with Crippen LogP contribution in [0.5, 0.6) is 0 Å². The average Bonchev–Trinajstić information content (AvgIpc) is 2.95. The summed E-state index contributed by atoms with van der Waals surface area (Å²) in [7, 11) is 0. The summed E-state index contributed by atoms with van der Waals surface area (Å²) in [6, 6.07) is 9.61. The molecule has 0 spiro atoms. The Balaban J connectivity index is 0.00000261. The van der Waals surface area contributed by atoms with Crippen molar-refractivity contribution in [2.45, 2.75) is 26.7 Å².